The molecule has 0 unspecified atom stereocenters. The lowest BCUT2D eigenvalue weighted by molar-refractivity contribution is -0.122. The number of hydrazine groups is 1. The van der Waals surface area contributed by atoms with Gasteiger partial charge in [-0.25, -0.2) is 5.84 Å². The largest absolute Gasteiger partial charge is 0.293 e. The van der Waals surface area contributed by atoms with Gasteiger partial charge >= 0.3 is 0 Å². The molecule has 2 aromatic rings. The highest BCUT2D eigenvalue weighted by molar-refractivity contribution is 7.08. The summed E-state index contributed by atoms with van der Waals surface area (Å²) in [6.45, 7) is -0.0341. The molecule has 3 N–H and O–H groups in total. The second-order valence-corrected chi connectivity index (χ2v) is 3.50. The molecule has 0 spiro atoms. The topological polar surface area (TPSA) is 98.7 Å². The summed E-state index contributed by atoms with van der Waals surface area (Å²) in [7, 11) is 0. The Morgan fingerprint density at radius 1 is 1.67 bits per heavy atom. The first-order chi connectivity index (χ1) is 7.29. The van der Waals surface area contributed by atoms with E-state index in [9.17, 15) is 4.79 Å². The highest BCUT2D eigenvalue weighted by atomic mass is 32.1. The van der Waals surface area contributed by atoms with Gasteiger partial charge in [0.15, 0.2) is 0 Å². The van der Waals surface area contributed by atoms with Crippen LogP contribution in [0.1, 0.15) is 0 Å². The normalized spacial score (nSPS) is 10.2. The first-order valence-corrected chi connectivity index (χ1v) is 5.03. The Kier molecular flexibility index (Phi) is 2.70. The zero-order valence-corrected chi connectivity index (χ0v) is 8.44. The van der Waals surface area contributed by atoms with Crippen LogP contribution in [0.2, 0.25) is 0 Å². The van der Waals surface area contributed by atoms with E-state index in [-0.39, 0.29) is 12.5 Å². The van der Waals surface area contributed by atoms with Crippen molar-refractivity contribution >= 4 is 17.2 Å². The summed E-state index contributed by atoms with van der Waals surface area (Å²) >= 11 is 1.55. The van der Waals surface area contributed by atoms with Crippen LogP contribution in [0.5, 0.6) is 0 Å². The number of rotatable bonds is 3. The standard InChI is InChI=1S/C7H8N6OS/c8-9-6(14)3-13-11-7(10-12-13)5-1-2-15-4-5/h1-2,4H,3,8H2,(H,9,14). The molecule has 1 amide bonds. The molecular weight excluding hydrogens is 216 g/mol. The molecule has 8 heteroatoms. The molecule has 7 nitrogen and oxygen atoms in total. The van der Waals surface area contributed by atoms with Gasteiger partial charge in [-0.2, -0.15) is 16.1 Å². The lowest BCUT2D eigenvalue weighted by atomic mass is 10.3. The highest BCUT2D eigenvalue weighted by Crippen LogP contribution is 2.16. The SMILES string of the molecule is NNC(=O)Cn1nnc(-c2ccsc2)n1. The minimum Gasteiger partial charge on any atom is -0.293 e. The van der Waals surface area contributed by atoms with Gasteiger partial charge in [0, 0.05) is 10.9 Å². The number of carbonyl (C=O) groups is 1. The molecule has 0 aliphatic carbocycles. The van der Waals surface area contributed by atoms with Crippen molar-refractivity contribution in [3.8, 4) is 11.4 Å². The molecule has 2 rings (SSSR count). The molecular formula is C7H8N6OS. The van der Waals surface area contributed by atoms with Crippen LogP contribution >= 0.6 is 11.3 Å². The van der Waals surface area contributed by atoms with Crippen molar-refractivity contribution in [1.82, 2.24) is 25.6 Å². The number of amides is 1. The van der Waals surface area contributed by atoms with Crippen LogP contribution < -0.4 is 11.3 Å². The molecule has 0 radical (unpaired) electrons. The number of nitrogens with one attached hydrogen (secondary N) is 1. The first-order valence-electron chi connectivity index (χ1n) is 4.09. The van der Waals surface area contributed by atoms with Crippen LogP contribution in [-0.2, 0) is 11.3 Å². The Labute approximate surface area is 88.9 Å². The number of carbonyl (C=O) groups excluding carboxylic acids is 1. The van der Waals surface area contributed by atoms with Crippen LogP contribution in [0.4, 0.5) is 0 Å². The number of nitrogens with two attached hydrogens (primary N) is 1. The summed E-state index contributed by atoms with van der Waals surface area (Å²) in [6.07, 6.45) is 0. The van der Waals surface area contributed by atoms with E-state index in [4.69, 9.17) is 5.84 Å². The number of aromatic nitrogens is 4. The quantitative estimate of drug-likeness (QED) is 0.411. The Morgan fingerprint density at radius 3 is 3.20 bits per heavy atom. The zero-order chi connectivity index (χ0) is 10.7. The molecule has 2 aromatic heterocycles. The van der Waals surface area contributed by atoms with Gasteiger partial charge in [-0.15, -0.1) is 10.2 Å². The van der Waals surface area contributed by atoms with E-state index in [0.717, 1.165) is 5.56 Å². The maximum absolute atomic E-state index is 10.9. The smallest absolute Gasteiger partial charge is 0.257 e. The van der Waals surface area contributed by atoms with Crippen molar-refractivity contribution in [2.45, 2.75) is 6.54 Å². The molecule has 78 valence electrons. The molecule has 15 heavy (non-hydrogen) atoms. The van der Waals surface area contributed by atoms with Crippen LogP contribution in [0.3, 0.4) is 0 Å². The van der Waals surface area contributed by atoms with E-state index < -0.39 is 0 Å². The Bertz CT molecular complexity index is 450. The van der Waals surface area contributed by atoms with Gasteiger partial charge in [0.2, 0.25) is 5.82 Å². The van der Waals surface area contributed by atoms with Crippen molar-refractivity contribution in [2.24, 2.45) is 5.84 Å². The molecule has 0 saturated heterocycles. The van der Waals surface area contributed by atoms with Gasteiger partial charge in [-0.05, 0) is 16.7 Å². The van der Waals surface area contributed by atoms with Gasteiger partial charge < -0.3 is 0 Å². The van der Waals surface area contributed by atoms with E-state index in [1.807, 2.05) is 22.3 Å². The first kappa shape index (κ1) is 9.74. The second-order valence-electron chi connectivity index (χ2n) is 2.72. The van der Waals surface area contributed by atoms with Gasteiger partial charge in [0.1, 0.15) is 6.54 Å². The maximum atomic E-state index is 10.9. The monoisotopic (exact) mass is 224 g/mol. The summed E-state index contributed by atoms with van der Waals surface area (Å²) < 4.78 is 0. The summed E-state index contributed by atoms with van der Waals surface area (Å²) in [5.41, 5.74) is 2.88. The van der Waals surface area contributed by atoms with E-state index in [1.54, 1.807) is 11.3 Å². The molecule has 0 aromatic carbocycles. The van der Waals surface area contributed by atoms with Gasteiger partial charge in [-0.3, -0.25) is 10.2 Å². The predicted molar refractivity (Wildman–Crippen MR) is 53.5 cm³/mol. The van der Waals surface area contributed by atoms with Crippen LogP contribution in [0.15, 0.2) is 16.8 Å². The predicted octanol–water partition coefficient (Wildman–Crippen LogP) is -0.609. The molecule has 0 aliphatic heterocycles. The van der Waals surface area contributed by atoms with Crippen molar-refractivity contribution in [3.63, 3.8) is 0 Å². The number of tetrazole rings is 1. The third-order valence-corrected chi connectivity index (χ3v) is 2.36. The minimum absolute atomic E-state index is 0.0341. The third-order valence-electron chi connectivity index (χ3n) is 1.68. The minimum atomic E-state index is -0.371. The summed E-state index contributed by atoms with van der Waals surface area (Å²) in [5, 5.41) is 15.4. The van der Waals surface area contributed by atoms with Crippen molar-refractivity contribution in [2.75, 3.05) is 0 Å². The molecule has 0 atom stereocenters. The van der Waals surface area contributed by atoms with Crippen LogP contribution in [0.25, 0.3) is 11.4 Å². The van der Waals surface area contributed by atoms with Crippen molar-refractivity contribution in [1.29, 1.82) is 0 Å². The van der Waals surface area contributed by atoms with Gasteiger partial charge in [0.25, 0.3) is 5.91 Å². The second kappa shape index (κ2) is 4.15. The van der Waals surface area contributed by atoms with Crippen LogP contribution in [-0.4, -0.2) is 26.1 Å². The molecule has 0 saturated carbocycles. The molecule has 2 heterocycles. The zero-order valence-electron chi connectivity index (χ0n) is 7.62. The third kappa shape index (κ3) is 2.17. The average Bonchev–Trinajstić information content (AvgIpc) is 2.85. The Morgan fingerprint density at radius 2 is 2.53 bits per heavy atom. The maximum Gasteiger partial charge on any atom is 0.257 e. The lowest BCUT2D eigenvalue weighted by Crippen LogP contribution is -2.33. The van der Waals surface area contributed by atoms with Gasteiger partial charge in [0.05, 0.1) is 0 Å². The number of nitrogens with zero attached hydrogens (tertiary/aromatic N) is 4. The van der Waals surface area contributed by atoms with E-state index in [2.05, 4.69) is 15.4 Å². The number of thiophene rings is 1. The fourth-order valence-electron chi connectivity index (χ4n) is 0.992. The van der Waals surface area contributed by atoms with E-state index in [0.29, 0.717) is 5.82 Å². The van der Waals surface area contributed by atoms with Gasteiger partial charge in [-0.1, -0.05) is 0 Å². The van der Waals surface area contributed by atoms with Crippen LogP contribution in [0, 0.1) is 0 Å². The Hall–Kier alpha value is -1.80. The van der Waals surface area contributed by atoms with E-state index in [1.165, 1.54) is 4.80 Å². The van der Waals surface area contributed by atoms with E-state index >= 15 is 0 Å². The van der Waals surface area contributed by atoms with Crippen molar-refractivity contribution < 1.29 is 4.79 Å². The summed E-state index contributed by atoms with van der Waals surface area (Å²) in [6, 6.07) is 1.88. The molecule has 0 bridgehead atoms. The average molecular weight is 224 g/mol. The van der Waals surface area contributed by atoms with Crippen molar-refractivity contribution in [3.05, 3.63) is 16.8 Å². The highest BCUT2D eigenvalue weighted by Gasteiger charge is 2.08. The fraction of sp³-hybridized carbons (Fsp3) is 0.143. The molecule has 0 aliphatic rings. The molecule has 0 fully saturated rings. The summed E-state index contributed by atoms with van der Waals surface area (Å²) in [4.78, 5) is 12.1. The number of hydrogen-bond donors (Lipinski definition) is 2. The fourth-order valence-corrected chi connectivity index (χ4v) is 1.63. The number of hydrogen-bond acceptors (Lipinski definition) is 6. The lowest BCUT2D eigenvalue weighted by Gasteiger charge is -1.95. The summed E-state index contributed by atoms with van der Waals surface area (Å²) in [5.74, 6) is 5.06. The Balaban J connectivity index is 2.14.